The third-order valence-corrected chi connectivity index (χ3v) is 4.07. The lowest BCUT2D eigenvalue weighted by molar-refractivity contribution is -0.0106. The largest absolute Gasteiger partial charge is 0.370 e. The topological polar surface area (TPSA) is 88.9 Å². The van der Waals surface area contributed by atoms with Crippen molar-refractivity contribution in [2.75, 3.05) is 7.11 Å². The summed E-state index contributed by atoms with van der Waals surface area (Å²) in [4.78, 5) is 11.9. The lowest BCUT2D eigenvalue weighted by Gasteiger charge is -2.22. The Morgan fingerprint density at radius 3 is 3.15 bits per heavy atom. The maximum atomic E-state index is 5.49. The minimum absolute atomic E-state index is 0.00464. The minimum Gasteiger partial charge on any atom is -0.370 e. The van der Waals surface area contributed by atoms with Crippen LogP contribution in [0.5, 0.6) is 0 Å². The monoisotopic (exact) mass is 277 g/mol. The molecule has 0 bridgehead atoms. The molecule has 0 fully saturated rings. The molecule has 0 spiro atoms. The summed E-state index contributed by atoms with van der Waals surface area (Å²) in [5, 5.41) is 7.44. The number of nitrogens with zero attached hydrogens (tertiary/aromatic N) is 3. The number of aromatic amines is 1. The van der Waals surface area contributed by atoms with Gasteiger partial charge >= 0.3 is 0 Å². The highest BCUT2D eigenvalue weighted by molar-refractivity contribution is 5.18. The van der Waals surface area contributed by atoms with Crippen molar-refractivity contribution < 1.29 is 9.26 Å². The first-order chi connectivity index (χ1) is 9.66. The number of aromatic nitrogens is 4. The molecule has 20 heavy (non-hydrogen) atoms. The maximum absolute atomic E-state index is 5.49. The lowest BCUT2D eigenvalue weighted by atomic mass is 10.0. The lowest BCUT2D eigenvalue weighted by Crippen LogP contribution is -2.29. The molecule has 2 atom stereocenters. The number of fused-ring (bicyclic) bond motifs is 1. The summed E-state index contributed by atoms with van der Waals surface area (Å²) in [6.07, 6.45) is 3.24. The van der Waals surface area contributed by atoms with Crippen LogP contribution >= 0.6 is 0 Å². The summed E-state index contributed by atoms with van der Waals surface area (Å²) in [5.74, 6) is 1.18. The second kappa shape index (κ2) is 4.99. The molecule has 3 rings (SSSR count). The van der Waals surface area contributed by atoms with Crippen LogP contribution in [-0.2, 0) is 23.3 Å². The summed E-state index contributed by atoms with van der Waals surface area (Å²) in [6.45, 7) is 4.73. The highest BCUT2D eigenvalue weighted by atomic mass is 16.5. The molecule has 2 aromatic heterocycles. The molecular weight excluding hydrogens is 258 g/mol. The van der Waals surface area contributed by atoms with Gasteiger partial charge in [-0.1, -0.05) is 12.1 Å². The Balaban J connectivity index is 1.81. The summed E-state index contributed by atoms with van der Waals surface area (Å²) >= 11 is 0. The molecule has 7 heteroatoms. The third kappa shape index (κ3) is 2.12. The first kappa shape index (κ1) is 13.3. The number of methoxy groups -OCH3 is 1. The zero-order valence-corrected chi connectivity index (χ0v) is 11.9. The van der Waals surface area contributed by atoms with Crippen molar-refractivity contribution in [1.29, 1.82) is 0 Å². The van der Waals surface area contributed by atoms with Gasteiger partial charge in [0.1, 0.15) is 5.60 Å². The fourth-order valence-electron chi connectivity index (χ4n) is 2.33. The van der Waals surface area contributed by atoms with E-state index in [1.165, 1.54) is 0 Å². The van der Waals surface area contributed by atoms with Crippen LogP contribution in [0, 0.1) is 0 Å². The highest BCUT2D eigenvalue weighted by Gasteiger charge is 2.32. The van der Waals surface area contributed by atoms with Crippen molar-refractivity contribution >= 4 is 0 Å². The molecule has 1 aliphatic heterocycles. The Hall–Kier alpha value is -1.73. The summed E-state index contributed by atoms with van der Waals surface area (Å²) in [5.41, 5.74) is 1.67. The van der Waals surface area contributed by atoms with Crippen molar-refractivity contribution in [3.05, 3.63) is 29.4 Å². The molecule has 1 aliphatic rings. The molecule has 108 valence electrons. The van der Waals surface area contributed by atoms with Crippen LogP contribution in [0.1, 0.15) is 49.4 Å². The SMILES string of the molecule is CCC(C)(OC)c1noc(C2Cc3nc[nH]c3CN2)n1. The fraction of sp³-hybridized carbons (Fsp3) is 0.615. The average molecular weight is 277 g/mol. The van der Waals surface area contributed by atoms with Crippen LogP contribution in [0.2, 0.25) is 0 Å². The predicted molar refractivity (Wildman–Crippen MR) is 70.8 cm³/mol. The van der Waals surface area contributed by atoms with Gasteiger partial charge in [-0.25, -0.2) is 4.98 Å². The van der Waals surface area contributed by atoms with Crippen molar-refractivity contribution in [3.8, 4) is 0 Å². The Morgan fingerprint density at radius 1 is 1.55 bits per heavy atom. The van der Waals surface area contributed by atoms with Gasteiger partial charge in [-0.05, 0) is 13.3 Å². The van der Waals surface area contributed by atoms with E-state index in [2.05, 4.69) is 25.4 Å². The standard InChI is InChI=1S/C13H19N5O2/c1-4-13(2,19-3)12-17-11(20-18-12)9-5-8-10(6-14-9)16-7-15-8/h7,9,14H,4-6H2,1-3H3,(H,15,16). The molecule has 0 aliphatic carbocycles. The Bertz CT molecular complexity index is 587. The van der Waals surface area contributed by atoms with Gasteiger partial charge in [0.15, 0.2) is 0 Å². The van der Waals surface area contributed by atoms with Crippen molar-refractivity contribution in [3.63, 3.8) is 0 Å². The molecule has 0 saturated carbocycles. The highest BCUT2D eigenvalue weighted by Crippen LogP contribution is 2.28. The van der Waals surface area contributed by atoms with E-state index in [4.69, 9.17) is 9.26 Å². The molecule has 3 heterocycles. The number of rotatable bonds is 4. The van der Waals surface area contributed by atoms with Gasteiger partial charge in [-0.3, -0.25) is 5.32 Å². The van der Waals surface area contributed by atoms with Crippen LogP contribution in [0.3, 0.4) is 0 Å². The van der Waals surface area contributed by atoms with Crippen LogP contribution < -0.4 is 5.32 Å². The van der Waals surface area contributed by atoms with E-state index >= 15 is 0 Å². The minimum atomic E-state index is -0.506. The second-order valence-electron chi connectivity index (χ2n) is 5.21. The Morgan fingerprint density at radius 2 is 2.40 bits per heavy atom. The molecule has 7 nitrogen and oxygen atoms in total. The van der Waals surface area contributed by atoms with Gasteiger partial charge in [-0.15, -0.1) is 0 Å². The molecule has 0 saturated heterocycles. The Kier molecular flexibility index (Phi) is 3.31. The van der Waals surface area contributed by atoms with Gasteiger partial charge in [-0.2, -0.15) is 4.98 Å². The zero-order chi connectivity index (χ0) is 14.2. The molecule has 0 aromatic carbocycles. The number of H-pyrrole nitrogens is 1. The second-order valence-corrected chi connectivity index (χ2v) is 5.21. The van der Waals surface area contributed by atoms with Gasteiger partial charge in [0, 0.05) is 20.1 Å². The third-order valence-electron chi connectivity index (χ3n) is 4.07. The molecule has 0 radical (unpaired) electrons. The Labute approximate surface area is 117 Å². The maximum Gasteiger partial charge on any atom is 0.244 e. The molecule has 2 unspecified atom stereocenters. The number of nitrogens with one attached hydrogen (secondary N) is 2. The van der Waals surface area contributed by atoms with Crippen LogP contribution in [0.25, 0.3) is 0 Å². The van der Waals surface area contributed by atoms with E-state index in [0.717, 1.165) is 30.8 Å². The van der Waals surface area contributed by atoms with E-state index in [-0.39, 0.29) is 6.04 Å². The molecular formula is C13H19N5O2. The van der Waals surface area contributed by atoms with Gasteiger partial charge in [0.2, 0.25) is 11.7 Å². The zero-order valence-electron chi connectivity index (χ0n) is 11.9. The number of imidazole rings is 1. The van der Waals surface area contributed by atoms with Gasteiger partial charge < -0.3 is 14.2 Å². The van der Waals surface area contributed by atoms with E-state index in [1.807, 2.05) is 13.8 Å². The van der Waals surface area contributed by atoms with E-state index in [1.54, 1.807) is 13.4 Å². The van der Waals surface area contributed by atoms with E-state index < -0.39 is 5.60 Å². The first-order valence-electron chi connectivity index (χ1n) is 6.80. The quantitative estimate of drug-likeness (QED) is 0.879. The van der Waals surface area contributed by atoms with Crippen LogP contribution in [0.4, 0.5) is 0 Å². The van der Waals surface area contributed by atoms with Crippen molar-refractivity contribution in [2.24, 2.45) is 0 Å². The number of hydrogen-bond acceptors (Lipinski definition) is 6. The normalized spacial score (nSPS) is 21.4. The van der Waals surface area contributed by atoms with Gasteiger partial charge in [0.25, 0.3) is 0 Å². The summed E-state index contributed by atoms with van der Waals surface area (Å²) in [7, 11) is 1.66. The van der Waals surface area contributed by atoms with Crippen LogP contribution in [0.15, 0.2) is 10.9 Å². The van der Waals surface area contributed by atoms with Crippen molar-refractivity contribution in [1.82, 2.24) is 25.4 Å². The molecule has 2 N–H and O–H groups in total. The van der Waals surface area contributed by atoms with Gasteiger partial charge in [0.05, 0.1) is 23.8 Å². The predicted octanol–water partition coefficient (Wildman–Crippen LogP) is 1.45. The summed E-state index contributed by atoms with van der Waals surface area (Å²) in [6, 6.07) is 0.00464. The first-order valence-corrected chi connectivity index (χ1v) is 6.80. The van der Waals surface area contributed by atoms with E-state index in [9.17, 15) is 0 Å². The molecule has 0 amide bonds. The molecule has 2 aromatic rings. The number of hydrogen-bond donors (Lipinski definition) is 2. The smallest absolute Gasteiger partial charge is 0.244 e. The van der Waals surface area contributed by atoms with Crippen molar-refractivity contribution in [2.45, 2.75) is 44.9 Å². The van der Waals surface area contributed by atoms with E-state index in [0.29, 0.717) is 11.7 Å². The fourth-order valence-corrected chi connectivity index (χ4v) is 2.33. The number of ether oxygens (including phenoxy) is 1. The summed E-state index contributed by atoms with van der Waals surface area (Å²) < 4.78 is 10.9. The van der Waals surface area contributed by atoms with Crippen LogP contribution in [-0.4, -0.2) is 27.2 Å². The average Bonchev–Trinajstić information content (AvgIpc) is 3.14.